The van der Waals surface area contributed by atoms with Crippen LogP contribution in [0.25, 0.3) is 64.6 Å². The van der Waals surface area contributed by atoms with Crippen LogP contribution in [0.2, 0.25) is 0 Å². The monoisotopic (exact) mass is 1370 g/mol. The van der Waals surface area contributed by atoms with Gasteiger partial charge in [0.15, 0.2) is 0 Å². The average Bonchev–Trinajstić information content (AvgIpc) is 3.50. The van der Waals surface area contributed by atoms with Gasteiger partial charge in [0.05, 0.1) is 0 Å². The number of hydrogen-bond acceptors (Lipinski definition) is 0. The van der Waals surface area contributed by atoms with E-state index >= 15 is 0 Å². The van der Waals surface area contributed by atoms with Crippen molar-refractivity contribution in [3.8, 4) is 11.8 Å². The molecule has 0 saturated heterocycles. The van der Waals surface area contributed by atoms with Crippen LogP contribution in [0.15, 0.2) is 267 Å². The van der Waals surface area contributed by atoms with Crippen LogP contribution < -0.4 is 31.8 Å². The van der Waals surface area contributed by atoms with Gasteiger partial charge in [-0.15, -0.1) is 23.3 Å². The Balaban J connectivity index is 0.000000145. The van der Waals surface area contributed by atoms with E-state index in [4.69, 9.17) is 12.8 Å². The zero-order valence-corrected chi connectivity index (χ0v) is 48.3. The molecule has 0 unspecified atom stereocenters. The molecule has 13 rings (SSSR count). The summed E-state index contributed by atoms with van der Waals surface area (Å²) in [5.74, 6) is 5.15. The van der Waals surface area contributed by atoms with E-state index in [-0.39, 0.29) is 44.8 Å². The van der Waals surface area contributed by atoms with Crippen molar-refractivity contribution in [2.24, 2.45) is 0 Å². The molecule has 0 radical (unpaired) electrons. The largest absolute Gasteiger partial charge is 1.00 e. The van der Waals surface area contributed by atoms with E-state index in [1.165, 1.54) is 96.8 Å². The molecule has 370 valence electrons. The van der Waals surface area contributed by atoms with Gasteiger partial charge in [-0.2, -0.15) is 0 Å². The second kappa shape index (κ2) is 24.7. The molecule has 0 aliphatic heterocycles. The van der Waals surface area contributed by atoms with Crippen molar-refractivity contribution in [3.05, 3.63) is 302 Å². The van der Waals surface area contributed by atoms with E-state index in [2.05, 4.69) is 268 Å². The van der Waals surface area contributed by atoms with E-state index in [1.807, 2.05) is 24.3 Å². The van der Waals surface area contributed by atoms with Crippen molar-refractivity contribution in [1.29, 1.82) is 0 Å². The number of benzene rings is 13. The van der Waals surface area contributed by atoms with Gasteiger partial charge in [0.1, 0.15) is 47.7 Å². The van der Waals surface area contributed by atoms with Crippen LogP contribution in [0, 0.1) is 38.5 Å². The maximum absolute atomic E-state index is 7.56. The van der Waals surface area contributed by atoms with Gasteiger partial charge < -0.3 is 12.8 Å². The van der Waals surface area contributed by atoms with Gasteiger partial charge in [-0.3, -0.25) is 11.8 Å². The van der Waals surface area contributed by atoms with Crippen LogP contribution >= 0.6 is 15.8 Å². The molecule has 0 nitrogen and oxygen atoms in total. The number of rotatable bonds is 6. The summed E-state index contributed by atoms with van der Waals surface area (Å²) in [7, 11) is -2.36. The van der Waals surface area contributed by atoms with Crippen LogP contribution in [0.5, 0.6) is 0 Å². The molecule has 0 spiro atoms. The predicted octanol–water partition coefficient (Wildman–Crippen LogP) is 15.4. The molecule has 0 bridgehead atoms. The maximum Gasteiger partial charge on any atom is 1.00 e. The fourth-order valence-corrected chi connectivity index (χ4v) is 16.7. The average molecular weight is 1370 g/mol. The third-order valence-corrected chi connectivity index (χ3v) is 20.0. The summed E-state index contributed by atoms with van der Waals surface area (Å²) in [6.07, 6.45) is 15.1. The van der Waals surface area contributed by atoms with Gasteiger partial charge in [0.2, 0.25) is 0 Å². The van der Waals surface area contributed by atoms with Gasteiger partial charge >= 0.3 is 44.8 Å². The van der Waals surface area contributed by atoms with Gasteiger partial charge in [-0.05, 0) is 140 Å². The molecule has 0 aromatic heterocycles. The van der Waals surface area contributed by atoms with Crippen LogP contribution in [0.3, 0.4) is 0 Å². The fraction of sp³-hybridized carbons (Fsp3) is 0.0278. The smallest absolute Gasteiger partial charge is 0.366 e. The summed E-state index contributed by atoms with van der Waals surface area (Å²) < 4.78 is 0. The maximum atomic E-state index is 7.56. The third-order valence-electron chi connectivity index (χ3n) is 14.2. The molecule has 0 atom stereocenters. The first kappa shape index (κ1) is 53.7. The Hall–Kier alpha value is -7.12. The van der Waals surface area contributed by atoms with Gasteiger partial charge in [0, 0.05) is 0 Å². The molecule has 13 aromatic carbocycles. The second-order valence-corrected chi connectivity index (χ2v) is 23.5. The summed E-state index contributed by atoms with van der Waals surface area (Å²) in [6.45, 7) is 4.52. The minimum absolute atomic E-state index is 0. The van der Waals surface area contributed by atoms with Crippen LogP contribution in [-0.2, 0) is 44.8 Å². The summed E-state index contributed by atoms with van der Waals surface area (Å²) in [4.78, 5) is 0. The molecule has 0 N–H and O–H groups in total. The topological polar surface area (TPSA) is 0 Å². The zero-order chi connectivity index (χ0) is 50.4. The third kappa shape index (κ3) is 10.9. The van der Waals surface area contributed by atoms with Crippen LogP contribution in [0.1, 0.15) is 22.3 Å². The SMILES string of the molecule is Cc1cc([PH+](c2ccccc2)c2ccccc2)c([PH+](c2ccccc2)c2ccccc2)cc1C.[Au+].[Au+].[C-]#Cc1cc2c3ccccc3ccc2c2ccccc12.[C-]#Cc1cc2c3ccccc3ccc2c2ccccc12. The number of hydrogen-bond donors (Lipinski definition) is 0. The molecule has 4 heteroatoms. The molecule has 76 heavy (non-hydrogen) atoms. The standard InChI is InChI=1S/C32H28P2.2C20H11.2Au/c1-25-23-31(33(27-15-7-3-8-16-27)28-17-9-4-10-18-28)32(24-26(25)2)34(29-19-11-5-12-20-29)30-21-13-6-14-22-30;2*1-2-14-13-20-17-9-4-3-7-15(17)11-12-19(20)18-10-6-5-8-16(14)18;;/h3-24H,1-2H3;2*3-13H;;/q;2*-1;2*+1/p+2. The summed E-state index contributed by atoms with van der Waals surface area (Å²) in [5, 5.41) is 23.1. The Morgan fingerprint density at radius 3 is 0.842 bits per heavy atom. The molecular formula is C72H52Au2P2+2. The molecule has 13 aromatic rings. The van der Waals surface area contributed by atoms with Crippen molar-refractivity contribution in [2.75, 3.05) is 0 Å². The Morgan fingerprint density at radius 1 is 0.263 bits per heavy atom. The summed E-state index contributed by atoms with van der Waals surface area (Å²) in [5.41, 5.74) is 4.44. The van der Waals surface area contributed by atoms with E-state index in [9.17, 15) is 0 Å². The first-order valence-electron chi connectivity index (χ1n) is 25.1. The number of aryl methyl sites for hydroxylation is 2. The predicted molar refractivity (Wildman–Crippen MR) is 327 cm³/mol. The van der Waals surface area contributed by atoms with Gasteiger partial charge in [-0.1, -0.05) is 205 Å². The Kier molecular flexibility index (Phi) is 17.4. The number of fused-ring (bicyclic) bond motifs is 10. The first-order chi connectivity index (χ1) is 36.5. The zero-order valence-electron chi connectivity index (χ0n) is 42.0. The summed E-state index contributed by atoms with van der Waals surface area (Å²) in [6, 6.07) is 95.5. The van der Waals surface area contributed by atoms with E-state index in [1.54, 1.807) is 0 Å². The van der Waals surface area contributed by atoms with Crippen LogP contribution in [0.4, 0.5) is 0 Å². The molecule has 0 heterocycles. The van der Waals surface area contributed by atoms with Crippen molar-refractivity contribution in [2.45, 2.75) is 13.8 Å². The van der Waals surface area contributed by atoms with E-state index in [0.29, 0.717) is 0 Å². The Morgan fingerprint density at radius 2 is 0.526 bits per heavy atom. The molecular weight excluding hydrogens is 1320 g/mol. The van der Waals surface area contributed by atoms with Gasteiger partial charge in [-0.25, -0.2) is 0 Å². The van der Waals surface area contributed by atoms with Crippen molar-refractivity contribution in [3.63, 3.8) is 0 Å². The minimum atomic E-state index is -1.18. The molecule has 0 aliphatic carbocycles. The minimum Gasteiger partial charge on any atom is -0.366 e. The Labute approximate surface area is 480 Å². The fourth-order valence-electron chi connectivity index (χ4n) is 10.5. The normalized spacial score (nSPS) is 10.8. The van der Waals surface area contributed by atoms with Crippen LogP contribution in [-0.4, -0.2) is 0 Å². The molecule has 0 saturated carbocycles. The summed E-state index contributed by atoms with van der Waals surface area (Å²) >= 11 is 0. The quantitative estimate of drug-likeness (QED) is 0.0512. The van der Waals surface area contributed by atoms with Crippen molar-refractivity contribution >= 4 is 112 Å². The van der Waals surface area contributed by atoms with Gasteiger partial charge in [0.25, 0.3) is 0 Å². The van der Waals surface area contributed by atoms with E-state index < -0.39 is 15.8 Å². The Bertz CT molecular complexity index is 3880. The first-order valence-corrected chi connectivity index (χ1v) is 28.1. The van der Waals surface area contributed by atoms with E-state index in [0.717, 1.165) is 21.9 Å². The molecule has 0 amide bonds. The second-order valence-electron chi connectivity index (χ2n) is 18.6. The molecule has 0 aliphatic rings. The van der Waals surface area contributed by atoms with Crippen molar-refractivity contribution in [1.82, 2.24) is 0 Å². The van der Waals surface area contributed by atoms with Crippen molar-refractivity contribution < 1.29 is 44.8 Å². The molecule has 0 fully saturated rings.